The van der Waals surface area contributed by atoms with Crippen LogP contribution in [-0.2, 0) is 6.42 Å². The first-order valence-electron chi connectivity index (χ1n) is 14.7. The van der Waals surface area contributed by atoms with Crippen molar-refractivity contribution in [2.45, 2.75) is 104 Å². The van der Waals surface area contributed by atoms with Crippen LogP contribution in [-0.4, -0.2) is 17.7 Å². The summed E-state index contributed by atoms with van der Waals surface area (Å²) in [6, 6.07) is 16.5. The van der Waals surface area contributed by atoms with Crippen LogP contribution in [0.25, 0.3) is 11.3 Å². The molecule has 0 bridgehead atoms. The number of esters is 1. The van der Waals surface area contributed by atoms with Crippen LogP contribution < -0.4 is 9.47 Å². The van der Waals surface area contributed by atoms with Gasteiger partial charge in [0.15, 0.2) is 0 Å². The molecule has 0 spiro atoms. The molecular weight excluding hydrogens is 474 g/mol. The molecule has 0 aliphatic carbocycles. The number of ether oxygens (including phenoxy) is 2. The molecule has 0 atom stereocenters. The van der Waals surface area contributed by atoms with Gasteiger partial charge in [-0.2, -0.15) is 0 Å². The molecule has 2 aromatic carbocycles. The quantitative estimate of drug-likeness (QED) is 0.0896. The molecule has 5 nitrogen and oxygen atoms in total. The van der Waals surface area contributed by atoms with Crippen LogP contribution in [0, 0.1) is 0 Å². The Morgan fingerprint density at radius 1 is 0.711 bits per heavy atom. The molecule has 1 aromatic heterocycles. The first kappa shape index (κ1) is 29.5. The molecule has 38 heavy (non-hydrogen) atoms. The molecule has 206 valence electrons. The zero-order valence-electron chi connectivity index (χ0n) is 23.4. The average Bonchev–Trinajstić information content (AvgIpc) is 3.41. The summed E-state index contributed by atoms with van der Waals surface area (Å²) in [5, 5.41) is 4.17. The fraction of sp³-hybridized carbons (Fsp3) is 0.515. The molecule has 0 aliphatic heterocycles. The molecule has 1 heterocycles. The van der Waals surface area contributed by atoms with E-state index < -0.39 is 5.97 Å². The Morgan fingerprint density at radius 2 is 1.29 bits per heavy atom. The third-order valence-corrected chi connectivity index (χ3v) is 6.80. The highest BCUT2D eigenvalue weighted by atomic mass is 16.5. The van der Waals surface area contributed by atoms with Crippen molar-refractivity contribution >= 4 is 5.97 Å². The Balaban J connectivity index is 1.33. The van der Waals surface area contributed by atoms with Crippen molar-refractivity contribution in [2.75, 3.05) is 6.61 Å². The van der Waals surface area contributed by atoms with E-state index in [1.54, 1.807) is 24.3 Å². The largest absolute Gasteiger partial charge is 0.494 e. The number of nitrogens with zero attached hydrogens (tertiary/aromatic N) is 1. The second-order valence-corrected chi connectivity index (χ2v) is 10.1. The van der Waals surface area contributed by atoms with Crippen LogP contribution in [0.15, 0.2) is 59.1 Å². The Morgan fingerprint density at radius 3 is 1.95 bits per heavy atom. The van der Waals surface area contributed by atoms with Crippen molar-refractivity contribution in [3.8, 4) is 22.8 Å². The van der Waals surface area contributed by atoms with E-state index in [1.165, 1.54) is 70.6 Å². The SMILES string of the molecule is CCCCCCCCCCCCOc1ccc(C(=O)Oc2ccc(-c3cc(CCCCC)on3)cc2)cc1. The van der Waals surface area contributed by atoms with Gasteiger partial charge in [-0.05, 0) is 61.4 Å². The summed E-state index contributed by atoms with van der Waals surface area (Å²) in [7, 11) is 0. The summed E-state index contributed by atoms with van der Waals surface area (Å²) in [5.74, 6) is 1.79. The van der Waals surface area contributed by atoms with E-state index in [-0.39, 0.29) is 0 Å². The van der Waals surface area contributed by atoms with E-state index >= 15 is 0 Å². The van der Waals surface area contributed by atoms with Crippen molar-refractivity contribution in [3.63, 3.8) is 0 Å². The van der Waals surface area contributed by atoms with Gasteiger partial charge < -0.3 is 14.0 Å². The van der Waals surface area contributed by atoms with Gasteiger partial charge in [-0.15, -0.1) is 0 Å². The number of unbranched alkanes of at least 4 members (excludes halogenated alkanes) is 11. The zero-order valence-corrected chi connectivity index (χ0v) is 23.4. The molecule has 5 heteroatoms. The Hall–Kier alpha value is -3.08. The van der Waals surface area contributed by atoms with Crippen molar-refractivity contribution < 1.29 is 18.8 Å². The normalized spacial score (nSPS) is 11.0. The highest BCUT2D eigenvalue weighted by molar-refractivity contribution is 5.91. The molecule has 0 aliphatic rings. The van der Waals surface area contributed by atoms with Crippen LogP contribution >= 0.6 is 0 Å². The molecule has 3 rings (SSSR count). The first-order chi connectivity index (χ1) is 18.7. The molecule has 0 amide bonds. The van der Waals surface area contributed by atoms with E-state index in [0.29, 0.717) is 17.9 Å². The topological polar surface area (TPSA) is 61.6 Å². The maximum absolute atomic E-state index is 12.6. The zero-order chi connectivity index (χ0) is 26.8. The number of carbonyl (C=O) groups is 1. The number of aromatic nitrogens is 1. The van der Waals surface area contributed by atoms with E-state index in [2.05, 4.69) is 19.0 Å². The number of rotatable bonds is 19. The predicted octanol–water partition coefficient (Wildman–Crippen LogP) is 9.59. The highest BCUT2D eigenvalue weighted by Crippen LogP contribution is 2.24. The summed E-state index contributed by atoms with van der Waals surface area (Å²) < 4.78 is 16.8. The maximum Gasteiger partial charge on any atom is 0.343 e. The third-order valence-electron chi connectivity index (χ3n) is 6.80. The van der Waals surface area contributed by atoms with Gasteiger partial charge in [0.2, 0.25) is 0 Å². The van der Waals surface area contributed by atoms with Crippen molar-refractivity contribution in [1.29, 1.82) is 0 Å². The van der Waals surface area contributed by atoms with Gasteiger partial charge in [0.05, 0.1) is 12.2 Å². The monoisotopic (exact) mass is 519 g/mol. The summed E-state index contributed by atoms with van der Waals surface area (Å²) in [5.41, 5.74) is 2.22. The molecule has 0 radical (unpaired) electrons. The van der Waals surface area contributed by atoms with Gasteiger partial charge in [0, 0.05) is 18.1 Å². The number of hydrogen-bond donors (Lipinski definition) is 0. The Labute approximate surface area is 228 Å². The van der Waals surface area contributed by atoms with Crippen LogP contribution in [0.2, 0.25) is 0 Å². The minimum atomic E-state index is -0.390. The van der Waals surface area contributed by atoms with Crippen LogP contribution in [0.3, 0.4) is 0 Å². The molecule has 3 aromatic rings. The molecule has 0 saturated heterocycles. The van der Waals surface area contributed by atoms with Gasteiger partial charge in [-0.3, -0.25) is 0 Å². The standard InChI is InChI=1S/C33H45NO4/c1-3-5-7-8-9-10-11-12-13-15-25-36-29-21-19-28(20-22-29)33(35)37-30-23-17-27(18-24-30)32-26-31(38-34-32)16-14-6-4-2/h17-24,26H,3-16,25H2,1-2H3. The number of aryl methyl sites for hydroxylation is 1. The van der Waals surface area contributed by atoms with E-state index in [1.807, 2.05) is 30.3 Å². The lowest BCUT2D eigenvalue weighted by molar-refractivity contribution is 0.0734. The van der Waals surface area contributed by atoms with Crippen LogP contribution in [0.5, 0.6) is 11.5 Å². The van der Waals surface area contributed by atoms with Crippen molar-refractivity contribution in [3.05, 3.63) is 65.9 Å². The summed E-state index contributed by atoms with van der Waals surface area (Å²) in [4.78, 5) is 12.6. The smallest absolute Gasteiger partial charge is 0.343 e. The third kappa shape index (κ3) is 10.7. The summed E-state index contributed by atoms with van der Waals surface area (Å²) >= 11 is 0. The van der Waals surface area contributed by atoms with Crippen molar-refractivity contribution in [1.82, 2.24) is 5.16 Å². The minimum Gasteiger partial charge on any atom is -0.494 e. The van der Waals surface area contributed by atoms with E-state index in [9.17, 15) is 4.79 Å². The fourth-order valence-electron chi connectivity index (χ4n) is 4.44. The van der Waals surface area contributed by atoms with E-state index in [0.717, 1.165) is 42.0 Å². The number of benzene rings is 2. The number of carbonyl (C=O) groups excluding carboxylic acids is 1. The van der Waals surface area contributed by atoms with Gasteiger partial charge in [0.25, 0.3) is 0 Å². The lowest BCUT2D eigenvalue weighted by atomic mass is 10.1. The van der Waals surface area contributed by atoms with E-state index in [4.69, 9.17) is 14.0 Å². The molecular formula is C33H45NO4. The highest BCUT2D eigenvalue weighted by Gasteiger charge is 2.11. The van der Waals surface area contributed by atoms with Gasteiger partial charge in [-0.25, -0.2) is 4.79 Å². The number of hydrogen-bond acceptors (Lipinski definition) is 5. The molecule has 0 fully saturated rings. The molecule has 0 N–H and O–H groups in total. The van der Waals surface area contributed by atoms with Gasteiger partial charge >= 0.3 is 5.97 Å². The minimum absolute atomic E-state index is 0.390. The average molecular weight is 520 g/mol. The predicted molar refractivity (Wildman–Crippen MR) is 154 cm³/mol. The maximum atomic E-state index is 12.6. The van der Waals surface area contributed by atoms with Crippen molar-refractivity contribution in [2.24, 2.45) is 0 Å². The molecule has 0 saturated carbocycles. The lowest BCUT2D eigenvalue weighted by Crippen LogP contribution is -2.08. The molecule has 0 unspecified atom stereocenters. The van der Waals surface area contributed by atoms with Gasteiger partial charge in [0.1, 0.15) is 23.0 Å². The summed E-state index contributed by atoms with van der Waals surface area (Å²) in [6.45, 7) is 5.15. The Kier molecular flexibility index (Phi) is 13.5. The lowest BCUT2D eigenvalue weighted by Gasteiger charge is -2.08. The van der Waals surface area contributed by atoms with Crippen LogP contribution in [0.1, 0.15) is 113 Å². The summed E-state index contributed by atoms with van der Waals surface area (Å²) in [6.07, 6.45) is 17.4. The van der Waals surface area contributed by atoms with Crippen LogP contribution in [0.4, 0.5) is 0 Å². The second kappa shape index (κ2) is 17.4. The Bertz CT molecular complexity index is 1040. The second-order valence-electron chi connectivity index (χ2n) is 10.1. The fourth-order valence-corrected chi connectivity index (χ4v) is 4.44. The van der Waals surface area contributed by atoms with Gasteiger partial charge in [-0.1, -0.05) is 89.6 Å². The first-order valence-corrected chi connectivity index (χ1v) is 14.7.